The minimum Gasteiger partial charge on any atom is -0.309 e. The molecule has 0 N–H and O–H groups in total. The van der Waals surface area contributed by atoms with Crippen LogP contribution in [0.5, 0.6) is 0 Å². The average Bonchev–Trinajstić information content (AvgIpc) is 3.84. The summed E-state index contributed by atoms with van der Waals surface area (Å²) in [6.45, 7) is 0. The van der Waals surface area contributed by atoms with Gasteiger partial charge in [-0.25, -0.2) is 0 Å². The van der Waals surface area contributed by atoms with Crippen molar-refractivity contribution < 1.29 is 0 Å². The summed E-state index contributed by atoms with van der Waals surface area (Å²) >= 11 is 0. The highest BCUT2D eigenvalue weighted by atomic mass is 15.0. The number of benzene rings is 8. The van der Waals surface area contributed by atoms with Gasteiger partial charge in [-0.1, -0.05) is 127 Å². The van der Waals surface area contributed by atoms with Gasteiger partial charge in [0.25, 0.3) is 0 Å². The van der Waals surface area contributed by atoms with E-state index in [2.05, 4.69) is 202 Å². The van der Waals surface area contributed by atoms with Gasteiger partial charge in [-0.15, -0.1) is 0 Å². The average molecular weight is 650 g/mol. The Morgan fingerprint density at radius 3 is 1.53 bits per heavy atom. The molecule has 238 valence electrons. The zero-order chi connectivity index (χ0) is 33.5. The van der Waals surface area contributed by atoms with Crippen LogP contribution in [0.4, 0.5) is 0 Å². The molecule has 0 bridgehead atoms. The highest BCUT2D eigenvalue weighted by molar-refractivity contribution is 6.26. The zero-order valence-electron chi connectivity index (χ0n) is 27.7. The molecule has 3 heterocycles. The van der Waals surface area contributed by atoms with Crippen LogP contribution < -0.4 is 0 Å². The van der Waals surface area contributed by atoms with E-state index in [1.807, 2.05) is 0 Å². The van der Waals surface area contributed by atoms with Crippen molar-refractivity contribution in [1.29, 1.82) is 0 Å². The molecule has 0 unspecified atom stereocenters. The molecule has 0 amide bonds. The molecule has 0 spiro atoms. The molecule has 0 aliphatic rings. The number of rotatable bonds is 4. The maximum absolute atomic E-state index is 2.49. The topological polar surface area (TPSA) is 14.8 Å². The predicted molar refractivity (Wildman–Crippen MR) is 215 cm³/mol. The Morgan fingerprint density at radius 1 is 0.294 bits per heavy atom. The molecule has 11 rings (SSSR count). The second-order valence-electron chi connectivity index (χ2n) is 13.3. The van der Waals surface area contributed by atoms with Crippen molar-refractivity contribution in [2.75, 3.05) is 0 Å². The molecule has 3 aromatic heterocycles. The highest BCUT2D eigenvalue weighted by Crippen LogP contribution is 2.43. The first-order valence-corrected chi connectivity index (χ1v) is 17.5. The fraction of sp³-hybridized carbons (Fsp3) is 0. The standard InChI is InChI=1S/C48H31N3/c1-2-16-33(17-3-1)49-45-28-13-8-23-40(45)47-46(49)30-29-39-38-22-7-10-25-42(38)50(48(39)47)34-18-14-15-32(31-34)35-19-4-9-24-41(35)51-43-26-11-5-20-36(43)37-21-6-12-27-44(37)51/h1-31H. The summed E-state index contributed by atoms with van der Waals surface area (Å²) in [4.78, 5) is 0. The van der Waals surface area contributed by atoms with E-state index in [0.29, 0.717) is 0 Å². The Hall–Kier alpha value is -6.84. The van der Waals surface area contributed by atoms with Gasteiger partial charge in [-0.3, -0.25) is 0 Å². The monoisotopic (exact) mass is 649 g/mol. The molecule has 0 atom stereocenters. The van der Waals surface area contributed by atoms with Gasteiger partial charge in [-0.2, -0.15) is 0 Å². The first-order chi connectivity index (χ1) is 25.3. The third-order valence-electron chi connectivity index (χ3n) is 10.6. The lowest BCUT2D eigenvalue weighted by Crippen LogP contribution is -1.98. The van der Waals surface area contributed by atoms with Crippen molar-refractivity contribution in [1.82, 2.24) is 13.7 Å². The minimum atomic E-state index is 1.14. The van der Waals surface area contributed by atoms with E-state index >= 15 is 0 Å². The summed E-state index contributed by atoms with van der Waals surface area (Å²) in [6.07, 6.45) is 0. The van der Waals surface area contributed by atoms with E-state index in [-0.39, 0.29) is 0 Å². The third kappa shape index (κ3) is 4.00. The van der Waals surface area contributed by atoms with Crippen molar-refractivity contribution in [3.8, 4) is 28.2 Å². The second kappa shape index (κ2) is 10.8. The number of fused-ring (bicyclic) bond motifs is 10. The van der Waals surface area contributed by atoms with Crippen molar-refractivity contribution in [2.45, 2.75) is 0 Å². The Bertz CT molecular complexity index is 3080. The maximum Gasteiger partial charge on any atom is 0.0641 e. The summed E-state index contributed by atoms with van der Waals surface area (Å²) in [5.41, 5.74) is 13.1. The Labute approximate surface area is 294 Å². The van der Waals surface area contributed by atoms with Gasteiger partial charge < -0.3 is 13.7 Å². The van der Waals surface area contributed by atoms with Gasteiger partial charge in [0.1, 0.15) is 0 Å². The molecule has 0 saturated carbocycles. The fourth-order valence-electron chi connectivity index (χ4n) is 8.54. The molecule has 11 aromatic rings. The van der Waals surface area contributed by atoms with Crippen molar-refractivity contribution in [3.05, 3.63) is 188 Å². The van der Waals surface area contributed by atoms with Crippen LogP contribution in [0.2, 0.25) is 0 Å². The third-order valence-corrected chi connectivity index (χ3v) is 10.6. The Kier molecular flexibility index (Phi) is 5.96. The smallest absolute Gasteiger partial charge is 0.0641 e. The summed E-state index contributed by atoms with van der Waals surface area (Å²) in [5.74, 6) is 0. The van der Waals surface area contributed by atoms with E-state index in [4.69, 9.17) is 0 Å². The quantitative estimate of drug-likeness (QED) is 0.180. The molecule has 3 nitrogen and oxygen atoms in total. The fourth-order valence-corrected chi connectivity index (χ4v) is 8.54. The lowest BCUT2D eigenvalue weighted by Gasteiger charge is -2.16. The van der Waals surface area contributed by atoms with E-state index < -0.39 is 0 Å². The van der Waals surface area contributed by atoms with E-state index in [9.17, 15) is 0 Å². The molecule has 0 fully saturated rings. The van der Waals surface area contributed by atoms with E-state index in [0.717, 1.165) is 11.4 Å². The molecular formula is C48H31N3. The summed E-state index contributed by atoms with van der Waals surface area (Å²) in [5, 5.41) is 7.55. The lowest BCUT2D eigenvalue weighted by atomic mass is 10.0. The van der Waals surface area contributed by atoms with Gasteiger partial charge in [0.2, 0.25) is 0 Å². The molecule has 0 radical (unpaired) electrons. The highest BCUT2D eigenvalue weighted by Gasteiger charge is 2.21. The molecule has 51 heavy (non-hydrogen) atoms. The number of nitrogens with zero attached hydrogens (tertiary/aromatic N) is 3. The Morgan fingerprint density at radius 2 is 0.824 bits per heavy atom. The summed E-state index contributed by atoms with van der Waals surface area (Å²) < 4.78 is 7.32. The van der Waals surface area contributed by atoms with Gasteiger partial charge in [0.05, 0.1) is 38.8 Å². The Balaban J connectivity index is 1.21. The molecular weight excluding hydrogens is 619 g/mol. The number of para-hydroxylation sites is 6. The van der Waals surface area contributed by atoms with Crippen LogP contribution in [0.15, 0.2) is 188 Å². The van der Waals surface area contributed by atoms with Crippen molar-refractivity contribution in [2.24, 2.45) is 0 Å². The number of hydrogen-bond donors (Lipinski definition) is 0. The van der Waals surface area contributed by atoms with Crippen LogP contribution in [0.3, 0.4) is 0 Å². The van der Waals surface area contributed by atoms with E-state index in [1.165, 1.54) is 82.2 Å². The van der Waals surface area contributed by atoms with Gasteiger partial charge in [-0.05, 0) is 66.2 Å². The van der Waals surface area contributed by atoms with Gasteiger partial charge >= 0.3 is 0 Å². The molecule has 3 heteroatoms. The number of aromatic nitrogens is 3. The normalized spacial score (nSPS) is 11.9. The van der Waals surface area contributed by atoms with Gasteiger partial charge in [0, 0.05) is 49.3 Å². The lowest BCUT2D eigenvalue weighted by molar-refractivity contribution is 1.17. The van der Waals surface area contributed by atoms with Crippen LogP contribution in [-0.4, -0.2) is 13.7 Å². The van der Waals surface area contributed by atoms with Crippen LogP contribution >= 0.6 is 0 Å². The zero-order valence-corrected chi connectivity index (χ0v) is 27.7. The summed E-state index contributed by atoms with van der Waals surface area (Å²) in [7, 11) is 0. The van der Waals surface area contributed by atoms with E-state index in [1.54, 1.807) is 0 Å². The van der Waals surface area contributed by atoms with Crippen molar-refractivity contribution in [3.63, 3.8) is 0 Å². The number of hydrogen-bond acceptors (Lipinski definition) is 0. The first kappa shape index (κ1) is 28.0. The predicted octanol–water partition coefficient (Wildman–Crippen LogP) is 12.6. The molecule has 0 saturated heterocycles. The largest absolute Gasteiger partial charge is 0.309 e. The van der Waals surface area contributed by atoms with Crippen LogP contribution in [-0.2, 0) is 0 Å². The minimum absolute atomic E-state index is 1.14. The van der Waals surface area contributed by atoms with Crippen LogP contribution in [0.1, 0.15) is 0 Å². The van der Waals surface area contributed by atoms with Crippen LogP contribution in [0, 0.1) is 0 Å². The first-order valence-electron chi connectivity index (χ1n) is 17.5. The molecule has 0 aliphatic heterocycles. The molecule has 0 aliphatic carbocycles. The van der Waals surface area contributed by atoms with Crippen LogP contribution in [0.25, 0.3) is 93.6 Å². The maximum atomic E-state index is 2.49. The summed E-state index contributed by atoms with van der Waals surface area (Å²) in [6, 6.07) is 68.4. The van der Waals surface area contributed by atoms with Gasteiger partial charge in [0.15, 0.2) is 0 Å². The molecule has 8 aromatic carbocycles. The second-order valence-corrected chi connectivity index (χ2v) is 13.3. The van der Waals surface area contributed by atoms with Crippen molar-refractivity contribution >= 4 is 65.4 Å². The SMILES string of the molecule is c1ccc(-n2c3ccccc3c3c2ccc2c4ccccc4n(-c4cccc(-c5ccccc5-n5c6ccccc6c6ccccc65)c4)c23)cc1.